The molecule has 0 heterocycles. The van der Waals surface area contributed by atoms with Crippen molar-refractivity contribution in [2.24, 2.45) is 0 Å². The standard InChI is InChI=1S/C57H96O6/c1-4-7-10-13-16-19-22-25-28-31-34-37-40-43-46-49-55(58)61-52-54(63-57(60)51-48-45-42-39-36-33-30-27-24-21-18-15-12-9-6-3)53-62-56(59)50-47-44-41-38-35-32-29-26-23-20-17-14-11-8-5-2/h7,10,16,18-19,21,25-30,34,37,54H,4-6,8-9,11-15,17,20,22-24,31-33,35-36,38-53H2,1-3H3/b10-7-,19-16-,21-18-,28-25-,29-26-,30-27-,37-34-/t54-/m0/s1. The molecule has 0 amide bonds. The van der Waals surface area contributed by atoms with E-state index in [0.29, 0.717) is 19.3 Å². The summed E-state index contributed by atoms with van der Waals surface area (Å²) in [7, 11) is 0. The molecule has 1 atom stereocenters. The smallest absolute Gasteiger partial charge is 0.306 e. The van der Waals surface area contributed by atoms with Crippen LogP contribution in [0.1, 0.15) is 239 Å². The summed E-state index contributed by atoms with van der Waals surface area (Å²) in [6, 6.07) is 0. The van der Waals surface area contributed by atoms with Crippen molar-refractivity contribution in [1.82, 2.24) is 0 Å². The maximum absolute atomic E-state index is 12.8. The monoisotopic (exact) mass is 877 g/mol. The second kappa shape index (κ2) is 51.2. The zero-order valence-electron chi connectivity index (χ0n) is 41.1. The summed E-state index contributed by atoms with van der Waals surface area (Å²) in [5.41, 5.74) is 0. The van der Waals surface area contributed by atoms with Gasteiger partial charge in [-0.15, -0.1) is 0 Å². The van der Waals surface area contributed by atoms with Crippen LogP contribution in [0.2, 0.25) is 0 Å². The van der Waals surface area contributed by atoms with Gasteiger partial charge in [0.25, 0.3) is 0 Å². The molecule has 0 aliphatic heterocycles. The van der Waals surface area contributed by atoms with E-state index in [1.54, 1.807) is 0 Å². The molecule has 0 saturated carbocycles. The summed E-state index contributed by atoms with van der Waals surface area (Å²) in [5.74, 6) is -0.966. The van der Waals surface area contributed by atoms with Crippen molar-refractivity contribution in [3.8, 4) is 0 Å². The summed E-state index contributed by atoms with van der Waals surface area (Å²) in [4.78, 5) is 38.0. The third-order valence-electron chi connectivity index (χ3n) is 10.9. The minimum Gasteiger partial charge on any atom is -0.462 e. The van der Waals surface area contributed by atoms with Crippen LogP contribution in [-0.2, 0) is 28.6 Å². The van der Waals surface area contributed by atoms with Crippen molar-refractivity contribution in [3.63, 3.8) is 0 Å². The molecular weight excluding hydrogens is 781 g/mol. The van der Waals surface area contributed by atoms with Crippen molar-refractivity contribution >= 4 is 17.9 Å². The number of unbranched alkanes of at least 4 members (excludes halogenated alkanes) is 21. The number of carbonyl (C=O) groups is 3. The number of allylic oxidation sites excluding steroid dienone is 14. The summed E-state index contributed by atoms with van der Waals surface area (Å²) in [5, 5.41) is 0. The Kier molecular flexibility index (Phi) is 48.5. The van der Waals surface area contributed by atoms with Crippen LogP contribution in [0.15, 0.2) is 85.1 Å². The van der Waals surface area contributed by atoms with Crippen molar-refractivity contribution in [2.75, 3.05) is 13.2 Å². The molecule has 0 spiro atoms. The molecule has 6 heteroatoms. The molecule has 0 saturated heterocycles. The predicted octanol–water partition coefficient (Wildman–Crippen LogP) is 17.2. The fourth-order valence-corrected chi connectivity index (χ4v) is 6.93. The molecular formula is C57H96O6. The Hall–Kier alpha value is -3.41. The first-order valence-corrected chi connectivity index (χ1v) is 26.1. The van der Waals surface area contributed by atoms with Gasteiger partial charge in [-0.25, -0.2) is 0 Å². The molecule has 0 unspecified atom stereocenters. The maximum atomic E-state index is 12.8. The number of esters is 3. The quantitative estimate of drug-likeness (QED) is 0.0262. The van der Waals surface area contributed by atoms with Crippen LogP contribution < -0.4 is 0 Å². The lowest BCUT2D eigenvalue weighted by atomic mass is 10.1. The summed E-state index contributed by atoms with van der Waals surface area (Å²) < 4.78 is 16.8. The normalized spacial score (nSPS) is 12.7. The number of ether oxygens (including phenoxy) is 3. The molecule has 0 aliphatic carbocycles. The molecule has 6 nitrogen and oxygen atoms in total. The highest BCUT2D eigenvalue weighted by molar-refractivity contribution is 5.71. The average Bonchev–Trinajstić information content (AvgIpc) is 3.28. The van der Waals surface area contributed by atoms with E-state index < -0.39 is 6.10 Å². The van der Waals surface area contributed by atoms with E-state index in [1.165, 1.54) is 83.5 Å². The van der Waals surface area contributed by atoms with Crippen LogP contribution in [-0.4, -0.2) is 37.2 Å². The van der Waals surface area contributed by atoms with Crippen LogP contribution in [0, 0.1) is 0 Å². The minimum absolute atomic E-state index is 0.100. The van der Waals surface area contributed by atoms with Gasteiger partial charge in [-0.05, 0) is 116 Å². The van der Waals surface area contributed by atoms with E-state index >= 15 is 0 Å². The molecule has 360 valence electrons. The molecule has 0 aromatic rings. The van der Waals surface area contributed by atoms with Crippen LogP contribution >= 0.6 is 0 Å². The van der Waals surface area contributed by atoms with Gasteiger partial charge in [-0.1, -0.05) is 189 Å². The number of rotatable bonds is 46. The molecule has 0 N–H and O–H groups in total. The molecule has 0 aliphatic rings. The number of hydrogen-bond acceptors (Lipinski definition) is 6. The largest absolute Gasteiger partial charge is 0.462 e. The van der Waals surface area contributed by atoms with Gasteiger partial charge in [0.1, 0.15) is 13.2 Å². The zero-order chi connectivity index (χ0) is 45.8. The van der Waals surface area contributed by atoms with E-state index in [0.717, 1.165) is 116 Å². The lowest BCUT2D eigenvalue weighted by Gasteiger charge is -2.18. The minimum atomic E-state index is -0.804. The highest BCUT2D eigenvalue weighted by Gasteiger charge is 2.19. The third kappa shape index (κ3) is 49.5. The molecule has 0 rings (SSSR count). The topological polar surface area (TPSA) is 78.9 Å². The second-order valence-electron chi connectivity index (χ2n) is 17.0. The van der Waals surface area contributed by atoms with E-state index in [2.05, 4.69) is 106 Å². The Morgan fingerprint density at radius 1 is 0.333 bits per heavy atom. The molecule has 0 aromatic heterocycles. The SMILES string of the molecule is CC/C=C\C/C=C\C/C=C\C/C=C\CCCCC(=O)OC[C@@H](COC(=O)CCCCCCC/C=C\CCCCCCCC)OC(=O)CCCCCCC/C=C\C/C=C\CCCCC. The first kappa shape index (κ1) is 59.6. The van der Waals surface area contributed by atoms with E-state index in [9.17, 15) is 14.4 Å². The van der Waals surface area contributed by atoms with E-state index in [1.807, 2.05) is 0 Å². The summed E-state index contributed by atoms with van der Waals surface area (Å²) in [6.07, 6.45) is 65.6. The fourth-order valence-electron chi connectivity index (χ4n) is 6.93. The third-order valence-corrected chi connectivity index (χ3v) is 10.9. The van der Waals surface area contributed by atoms with Crippen LogP contribution in [0.4, 0.5) is 0 Å². The molecule has 0 fully saturated rings. The molecule has 63 heavy (non-hydrogen) atoms. The first-order valence-electron chi connectivity index (χ1n) is 26.1. The first-order chi connectivity index (χ1) is 31.0. The Morgan fingerprint density at radius 2 is 0.619 bits per heavy atom. The van der Waals surface area contributed by atoms with Gasteiger partial charge in [0, 0.05) is 19.3 Å². The van der Waals surface area contributed by atoms with Crippen molar-refractivity contribution in [1.29, 1.82) is 0 Å². The second-order valence-corrected chi connectivity index (χ2v) is 17.0. The highest BCUT2D eigenvalue weighted by Crippen LogP contribution is 2.13. The van der Waals surface area contributed by atoms with Gasteiger partial charge in [0.15, 0.2) is 6.10 Å². The lowest BCUT2D eigenvalue weighted by Crippen LogP contribution is -2.30. The van der Waals surface area contributed by atoms with Gasteiger partial charge >= 0.3 is 17.9 Å². The van der Waals surface area contributed by atoms with Crippen molar-refractivity contribution < 1.29 is 28.6 Å². The van der Waals surface area contributed by atoms with Gasteiger partial charge in [0.2, 0.25) is 0 Å². The van der Waals surface area contributed by atoms with E-state index in [-0.39, 0.29) is 31.1 Å². The summed E-state index contributed by atoms with van der Waals surface area (Å²) >= 11 is 0. The maximum Gasteiger partial charge on any atom is 0.306 e. The number of carbonyl (C=O) groups excluding carboxylic acids is 3. The van der Waals surface area contributed by atoms with Crippen molar-refractivity contribution in [2.45, 2.75) is 245 Å². The Bertz CT molecular complexity index is 1240. The average molecular weight is 877 g/mol. The van der Waals surface area contributed by atoms with Crippen molar-refractivity contribution in [3.05, 3.63) is 85.1 Å². The molecule has 0 aromatic carbocycles. The predicted molar refractivity (Wildman–Crippen MR) is 270 cm³/mol. The Balaban J connectivity index is 4.49. The summed E-state index contributed by atoms with van der Waals surface area (Å²) in [6.45, 7) is 6.43. The fraction of sp³-hybridized carbons (Fsp3) is 0.702. The van der Waals surface area contributed by atoms with Gasteiger partial charge in [0.05, 0.1) is 0 Å². The highest BCUT2D eigenvalue weighted by atomic mass is 16.6. The molecule has 0 bridgehead atoms. The van der Waals surface area contributed by atoms with Crippen LogP contribution in [0.5, 0.6) is 0 Å². The number of hydrogen-bond donors (Lipinski definition) is 0. The van der Waals surface area contributed by atoms with Gasteiger partial charge in [-0.3, -0.25) is 14.4 Å². The Morgan fingerprint density at radius 3 is 1.05 bits per heavy atom. The van der Waals surface area contributed by atoms with Crippen LogP contribution in [0.25, 0.3) is 0 Å². The van der Waals surface area contributed by atoms with Gasteiger partial charge in [-0.2, -0.15) is 0 Å². The van der Waals surface area contributed by atoms with Crippen LogP contribution in [0.3, 0.4) is 0 Å². The van der Waals surface area contributed by atoms with Gasteiger partial charge < -0.3 is 14.2 Å². The zero-order valence-corrected chi connectivity index (χ0v) is 41.1. The Labute approximate surface area is 388 Å². The lowest BCUT2D eigenvalue weighted by molar-refractivity contribution is -0.167. The molecule has 0 radical (unpaired) electrons. The van der Waals surface area contributed by atoms with E-state index in [4.69, 9.17) is 14.2 Å².